The Morgan fingerprint density at radius 3 is 2.20 bits per heavy atom. The van der Waals surface area contributed by atoms with Gasteiger partial charge in [0.05, 0.1) is 4.99 Å². The zero-order chi connectivity index (χ0) is 21.8. The number of benzene rings is 3. The standard InChI is InChI=1S/C26H29NO2S/c1-5-20-14-23(27-24(30)12-19-9-6-16(2)7-10-19)15-22(26(20)29)13-21-11-8-17(3)18(4)25(21)28/h6-11,14-15,28-29H,5,12-13H2,1-4H3,(H,27,30). The number of phenols is 2. The first-order valence-electron chi connectivity index (χ1n) is 10.3. The van der Waals surface area contributed by atoms with Crippen LogP contribution in [-0.2, 0) is 19.3 Å². The summed E-state index contributed by atoms with van der Waals surface area (Å²) in [7, 11) is 0. The summed E-state index contributed by atoms with van der Waals surface area (Å²) < 4.78 is 0. The van der Waals surface area contributed by atoms with E-state index < -0.39 is 0 Å². The molecule has 0 fully saturated rings. The number of anilines is 1. The lowest BCUT2D eigenvalue weighted by Gasteiger charge is -2.16. The van der Waals surface area contributed by atoms with Crippen LogP contribution >= 0.6 is 12.2 Å². The Kier molecular flexibility index (Phi) is 6.78. The van der Waals surface area contributed by atoms with Crippen molar-refractivity contribution in [3.8, 4) is 11.5 Å². The van der Waals surface area contributed by atoms with Crippen LogP contribution in [0.4, 0.5) is 5.69 Å². The largest absolute Gasteiger partial charge is 0.507 e. The van der Waals surface area contributed by atoms with Crippen LogP contribution in [0, 0.1) is 20.8 Å². The number of hydrogen-bond donors (Lipinski definition) is 3. The third-order valence-corrected chi connectivity index (χ3v) is 5.83. The predicted molar refractivity (Wildman–Crippen MR) is 129 cm³/mol. The van der Waals surface area contributed by atoms with Gasteiger partial charge in [-0.05, 0) is 67.1 Å². The lowest BCUT2D eigenvalue weighted by atomic mass is 9.96. The summed E-state index contributed by atoms with van der Waals surface area (Å²) in [5.41, 5.74) is 7.60. The van der Waals surface area contributed by atoms with Crippen LogP contribution in [0.15, 0.2) is 48.5 Å². The van der Waals surface area contributed by atoms with Crippen molar-refractivity contribution in [2.45, 2.75) is 47.0 Å². The van der Waals surface area contributed by atoms with Crippen LogP contribution in [0.2, 0.25) is 0 Å². The third kappa shape index (κ3) is 5.00. The van der Waals surface area contributed by atoms with E-state index in [2.05, 4.69) is 36.5 Å². The molecule has 3 rings (SSSR count). The summed E-state index contributed by atoms with van der Waals surface area (Å²) in [4.78, 5) is 0.728. The van der Waals surface area contributed by atoms with E-state index in [1.807, 2.05) is 45.0 Å². The van der Waals surface area contributed by atoms with Crippen LogP contribution in [0.1, 0.15) is 45.9 Å². The SMILES string of the molecule is CCc1cc(NC(=S)Cc2ccc(C)cc2)cc(Cc2ccc(C)c(C)c2O)c1O. The molecule has 0 amide bonds. The Hall–Kier alpha value is -2.85. The van der Waals surface area contributed by atoms with Crippen molar-refractivity contribution >= 4 is 22.9 Å². The molecule has 3 nitrogen and oxygen atoms in total. The number of rotatable bonds is 6. The summed E-state index contributed by atoms with van der Waals surface area (Å²) in [6.45, 7) is 7.97. The molecule has 0 unspecified atom stereocenters. The molecule has 3 aromatic rings. The first-order chi connectivity index (χ1) is 14.3. The minimum atomic E-state index is 0.283. The van der Waals surface area contributed by atoms with Crippen molar-refractivity contribution in [2.24, 2.45) is 0 Å². The van der Waals surface area contributed by atoms with Crippen molar-refractivity contribution in [1.82, 2.24) is 0 Å². The molecule has 0 aliphatic heterocycles. The molecule has 0 radical (unpaired) electrons. The molecule has 3 aromatic carbocycles. The van der Waals surface area contributed by atoms with Crippen LogP contribution in [0.5, 0.6) is 11.5 Å². The van der Waals surface area contributed by atoms with Gasteiger partial charge in [-0.15, -0.1) is 0 Å². The summed E-state index contributed by atoms with van der Waals surface area (Å²) >= 11 is 5.57. The van der Waals surface area contributed by atoms with Crippen LogP contribution in [0.25, 0.3) is 0 Å². The number of aromatic hydroxyl groups is 2. The second-order valence-corrected chi connectivity index (χ2v) is 8.39. The van der Waals surface area contributed by atoms with Crippen molar-refractivity contribution in [3.05, 3.63) is 87.5 Å². The fraction of sp³-hybridized carbons (Fsp3) is 0.269. The van der Waals surface area contributed by atoms with Crippen molar-refractivity contribution < 1.29 is 10.2 Å². The summed E-state index contributed by atoms with van der Waals surface area (Å²) in [6.07, 6.45) is 1.81. The van der Waals surface area contributed by atoms with E-state index in [0.29, 0.717) is 25.0 Å². The minimum Gasteiger partial charge on any atom is -0.507 e. The van der Waals surface area contributed by atoms with E-state index >= 15 is 0 Å². The molecule has 0 bridgehead atoms. The Morgan fingerprint density at radius 1 is 0.867 bits per heavy atom. The molecule has 0 aliphatic rings. The first kappa shape index (κ1) is 21.8. The normalized spacial score (nSPS) is 10.8. The molecule has 0 heterocycles. The van der Waals surface area contributed by atoms with Gasteiger partial charge in [-0.25, -0.2) is 0 Å². The molecule has 0 saturated carbocycles. The van der Waals surface area contributed by atoms with Crippen LogP contribution < -0.4 is 5.32 Å². The Labute approximate surface area is 184 Å². The molecule has 0 atom stereocenters. The lowest BCUT2D eigenvalue weighted by molar-refractivity contribution is 0.457. The third-order valence-electron chi connectivity index (χ3n) is 5.58. The fourth-order valence-corrected chi connectivity index (χ4v) is 3.82. The maximum absolute atomic E-state index is 10.7. The van der Waals surface area contributed by atoms with Gasteiger partial charge in [-0.3, -0.25) is 0 Å². The van der Waals surface area contributed by atoms with E-state index in [4.69, 9.17) is 12.2 Å². The molecule has 4 heteroatoms. The van der Waals surface area contributed by atoms with E-state index in [-0.39, 0.29) is 5.75 Å². The topological polar surface area (TPSA) is 52.5 Å². The van der Waals surface area contributed by atoms with Gasteiger partial charge in [-0.1, -0.05) is 61.1 Å². The number of hydrogen-bond acceptors (Lipinski definition) is 3. The molecule has 156 valence electrons. The van der Waals surface area contributed by atoms with Gasteiger partial charge in [0.2, 0.25) is 0 Å². The van der Waals surface area contributed by atoms with Gasteiger partial charge in [0.15, 0.2) is 0 Å². The number of aryl methyl sites for hydroxylation is 3. The van der Waals surface area contributed by atoms with E-state index in [1.165, 1.54) is 5.56 Å². The lowest BCUT2D eigenvalue weighted by Crippen LogP contribution is -2.12. The monoisotopic (exact) mass is 419 g/mol. The fourth-order valence-electron chi connectivity index (χ4n) is 3.54. The number of thiocarbonyl (C=S) groups is 1. The van der Waals surface area contributed by atoms with Crippen molar-refractivity contribution in [1.29, 1.82) is 0 Å². The molecule has 0 aromatic heterocycles. The predicted octanol–water partition coefficient (Wildman–Crippen LogP) is 6.16. The van der Waals surface area contributed by atoms with Gasteiger partial charge < -0.3 is 15.5 Å². The van der Waals surface area contributed by atoms with Gasteiger partial charge in [-0.2, -0.15) is 0 Å². The smallest absolute Gasteiger partial charge is 0.122 e. The molecule has 0 aliphatic carbocycles. The highest BCUT2D eigenvalue weighted by atomic mass is 32.1. The van der Waals surface area contributed by atoms with Gasteiger partial charge in [0, 0.05) is 24.1 Å². The average Bonchev–Trinajstić information content (AvgIpc) is 2.72. The highest BCUT2D eigenvalue weighted by molar-refractivity contribution is 7.80. The first-order valence-corrected chi connectivity index (χ1v) is 10.7. The van der Waals surface area contributed by atoms with Crippen molar-refractivity contribution in [2.75, 3.05) is 5.32 Å². The minimum absolute atomic E-state index is 0.283. The second-order valence-electron chi connectivity index (χ2n) is 7.90. The Morgan fingerprint density at radius 2 is 1.53 bits per heavy atom. The maximum atomic E-state index is 10.7. The molecule has 0 spiro atoms. The molecule has 3 N–H and O–H groups in total. The van der Waals surface area contributed by atoms with E-state index in [9.17, 15) is 10.2 Å². The molecular weight excluding hydrogens is 390 g/mol. The van der Waals surface area contributed by atoms with Gasteiger partial charge in [0.1, 0.15) is 11.5 Å². The number of nitrogens with one attached hydrogen (secondary N) is 1. The van der Waals surface area contributed by atoms with Crippen molar-refractivity contribution in [3.63, 3.8) is 0 Å². The van der Waals surface area contributed by atoms with Gasteiger partial charge in [0.25, 0.3) is 0 Å². The Bertz CT molecular complexity index is 1070. The summed E-state index contributed by atoms with van der Waals surface area (Å²) in [6, 6.07) is 16.1. The zero-order valence-electron chi connectivity index (χ0n) is 18.0. The number of phenolic OH excluding ortho intramolecular Hbond substituents is 2. The summed E-state index contributed by atoms with van der Waals surface area (Å²) in [5, 5.41) is 24.6. The molecular formula is C26H29NO2S. The van der Waals surface area contributed by atoms with Crippen LogP contribution in [0.3, 0.4) is 0 Å². The summed E-state index contributed by atoms with van der Waals surface area (Å²) in [5.74, 6) is 0.575. The second kappa shape index (κ2) is 9.31. The van der Waals surface area contributed by atoms with Gasteiger partial charge >= 0.3 is 0 Å². The highest BCUT2D eigenvalue weighted by Crippen LogP contribution is 2.33. The zero-order valence-corrected chi connectivity index (χ0v) is 18.9. The quantitative estimate of drug-likeness (QED) is 0.331. The van der Waals surface area contributed by atoms with E-state index in [0.717, 1.165) is 44.1 Å². The Balaban J connectivity index is 1.85. The molecule has 0 saturated heterocycles. The van der Waals surface area contributed by atoms with E-state index in [1.54, 1.807) is 0 Å². The maximum Gasteiger partial charge on any atom is 0.122 e. The molecule has 30 heavy (non-hydrogen) atoms. The highest BCUT2D eigenvalue weighted by Gasteiger charge is 2.14. The average molecular weight is 420 g/mol. The van der Waals surface area contributed by atoms with Crippen LogP contribution in [-0.4, -0.2) is 15.2 Å².